The third-order valence-electron chi connectivity index (χ3n) is 2.89. The van der Waals surface area contributed by atoms with Crippen LogP contribution in [0, 0.1) is 6.92 Å². The van der Waals surface area contributed by atoms with Crippen LogP contribution in [0.5, 0.6) is 0 Å². The maximum absolute atomic E-state index is 12.1. The second-order valence-electron chi connectivity index (χ2n) is 4.60. The second-order valence-corrected chi connectivity index (χ2v) is 6.57. The average Bonchev–Trinajstić information content (AvgIpc) is 2.38. The molecule has 0 aliphatic carbocycles. The molecule has 1 aromatic carbocycles. The minimum absolute atomic E-state index is 0.142. The van der Waals surface area contributed by atoms with E-state index < -0.39 is 15.9 Å². The fourth-order valence-corrected chi connectivity index (χ4v) is 2.58. The molecule has 0 aliphatic rings. The third kappa shape index (κ3) is 4.96. The maximum Gasteiger partial charge on any atom is 0.251 e. The van der Waals surface area contributed by atoms with E-state index in [9.17, 15) is 13.2 Å². The molecular weight excluding hydrogens is 316 g/mol. The summed E-state index contributed by atoms with van der Waals surface area (Å²) in [4.78, 5) is 12.0. The van der Waals surface area contributed by atoms with Gasteiger partial charge in [-0.15, -0.1) is 0 Å². The predicted octanol–water partition coefficient (Wildman–Crippen LogP) is 1.45. The van der Waals surface area contributed by atoms with Crippen molar-refractivity contribution >= 4 is 27.5 Å². The number of halogens is 1. The van der Waals surface area contributed by atoms with Crippen LogP contribution in [-0.4, -0.2) is 33.6 Å². The summed E-state index contributed by atoms with van der Waals surface area (Å²) >= 11 is 5.96. The number of ether oxygens (including phenoxy) is 1. The first-order valence-corrected chi connectivity index (χ1v) is 8.32. The van der Waals surface area contributed by atoms with E-state index in [1.807, 2.05) is 13.8 Å². The van der Waals surface area contributed by atoms with Crippen molar-refractivity contribution in [3.63, 3.8) is 0 Å². The minimum atomic E-state index is -3.93. The highest BCUT2D eigenvalue weighted by Gasteiger charge is 2.18. The molecule has 1 aromatic rings. The van der Waals surface area contributed by atoms with Crippen molar-refractivity contribution in [1.29, 1.82) is 0 Å². The SMILES string of the molecule is CCOC(C)CNC(=O)c1cc(S(N)(=O)=O)cc(Cl)c1C. The van der Waals surface area contributed by atoms with Gasteiger partial charge in [0.25, 0.3) is 5.91 Å². The summed E-state index contributed by atoms with van der Waals surface area (Å²) in [5, 5.41) is 7.91. The van der Waals surface area contributed by atoms with Crippen molar-refractivity contribution in [2.45, 2.75) is 31.8 Å². The average molecular weight is 335 g/mol. The zero-order valence-electron chi connectivity index (χ0n) is 12.1. The topological polar surface area (TPSA) is 98.5 Å². The summed E-state index contributed by atoms with van der Waals surface area (Å²) in [6, 6.07) is 2.45. The van der Waals surface area contributed by atoms with Crippen LogP contribution in [0.3, 0.4) is 0 Å². The largest absolute Gasteiger partial charge is 0.377 e. The van der Waals surface area contributed by atoms with E-state index in [1.165, 1.54) is 12.1 Å². The Labute approximate surface area is 129 Å². The fourth-order valence-electron chi connectivity index (χ4n) is 1.73. The van der Waals surface area contributed by atoms with Gasteiger partial charge in [0, 0.05) is 23.7 Å². The predicted molar refractivity (Wildman–Crippen MR) is 81.0 cm³/mol. The number of nitrogens with one attached hydrogen (secondary N) is 1. The summed E-state index contributed by atoms with van der Waals surface area (Å²) < 4.78 is 28.1. The first-order chi connectivity index (χ1) is 9.66. The number of carbonyl (C=O) groups is 1. The van der Waals surface area contributed by atoms with Crippen LogP contribution in [-0.2, 0) is 14.8 Å². The van der Waals surface area contributed by atoms with Gasteiger partial charge in [0.15, 0.2) is 0 Å². The Bertz CT molecular complexity index is 631. The van der Waals surface area contributed by atoms with Gasteiger partial charge in [-0.25, -0.2) is 13.6 Å². The molecule has 1 unspecified atom stereocenters. The Hall–Kier alpha value is -1.15. The summed E-state index contributed by atoms with van der Waals surface area (Å²) in [6.07, 6.45) is -0.142. The number of hydrogen-bond donors (Lipinski definition) is 2. The van der Waals surface area contributed by atoms with Crippen LogP contribution >= 0.6 is 11.6 Å². The molecule has 0 saturated carbocycles. The Kier molecular flexibility index (Phi) is 6.15. The lowest BCUT2D eigenvalue weighted by Crippen LogP contribution is -2.32. The van der Waals surface area contributed by atoms with Crippen LogP contribution in [0.4, 0.5) is 0 Å². The number of benzene rings is 1. The molecule has 1 rings (SSSR count). The summed E-state index contributed by atoms with van der Waals surface area (Å²) in [6.45, 7) is 6.17. The van der Waals surface area contributed by atoms with Gasteiger partial charge in [-0.1, -0.05) is 11.6 Å². The Morgan fingerprint density at radius 2 is 2.10 bits per heavy atom. The molecule has 0 bridgehead atoms. The number of primary sulfonamides is 1. The zero-order chi connectivity index (χ0) is 16.2. The minimum Gasteiger partial charge on any atom is -0.377 e. The van der Waals surface area contributed by atoms with E-state index in [4.69, 9.17) is 21.5 Å². The summed E-state index contributed by atoms with van der Waals surface area (Å²) in [5.74, 6) is -0.425. The molecule has 8 heteroatoms. The fraction of sp³-hybridized carbons (Fsp3) is 0.462. The van der Waals surface area contributed by atoms with Crippen LogP contribution in [0.25, 0.3) is 0 Å². The van der Waals surface area contributed by atoms with Crippen molar-refractivity contribution in [2.24, 2.45) is 5.14 Å². The highest BCUT2D eigenvalue weighted by molar-refractivity contribution is 7.89. The van der Waals surface area contributed by atoms with E-state index in [0.717, 1.165) is 0 Å². The van der Waals surface area contributed by atoms with Gasteiger partial charge in [0.05, 0.1) is 11.0 Å². The summed E-state index contributed by atoms with van der Waals surface area (Å²) in [5.41, 5.74) is 0.667. The number of sulfonamides is 1. The van der Waals surface area contributed by atoms with Gasteiger partial charge in [-0.3, -0.25) is 4.79 Å². The van der Waals surface area contributed by atoms with Crippen molar-refractivity contribution in [3.05, 3.63) is 28.3 Å². The number of amides is 1. The molecule has 0 aromatic heterocycles. The molecule has 21 heavy (non-hydrogen) atoms. The number of hydrogen-bond acceptors (Lipinski definition) is 4. The monoisotopic (exact) mass is 334 g/mol. The molecule has 0 saturated heterocycles. The lowest BCUT2D eigenvalue weighted by atomic mass is 10.1. The van der Waals surface area contributed by atoms with E-state index in [-0.39, 0.29) is 21.6 Å². The number of rotatable bonds is 6. The highest BCUT2D eigenvalue weighted by atomic mass is 35.5. The number of nitrogens with two attached hydrogens (primary N) is 1. The lowest BCUT2D eigenvalue weighted by Gasteiger charge is -2.14. The highest BCUT2D eigenvalue weighted by Crippen LogP contribution is 2.23. The van der Waals surface area contributed by atoms with Gasteiger partial charge < -0.3 is 10.1 Å². The van der Waals surface area contributed by atoms with E-state index in [0.29, 0.717) is 18.7 Å². The van der Waals surface area contributed by atoms with Crippen LogP contribution < -0.4 is 10.5 Å². The molecule has 0 heterocycles. The Morgan fingerprint density at radius 1 is 1.48 bits per heavy atom. The summed E-state index contributed by atoms with van der Waals surface area (Å²) in [7, 11) is -3.93. The maximum atomic E-state index is 12.1. The second kappa shape index (κ2) is 7.22. The molecule has 6 nitrogen and oxygen atoms in total. The molecule has 3 N–H and O–H groups in total. The normalized spacial score (nSPS) is 13.0. The molecule has 0 fully saturated rings. The van der Waals surface area contributed by atoms with E-state index >= 15 is 0 Å². The smallest absolute Gasteiger partial charge is 0.251 e. The Morgan fingerprint density at radius 3 is 2.62 bits per heavy atom. The van der Waals surface area contributed by atoms with Gasteiger partial charge in [-0.2, -0.15) is 0 Å². The van der Waals surface area contributed by atoms with Crippen LogP contribution in [0.2, 0.25) is 5.02 Å². The lowest BCUT2D eigenvalue weighted by molar-refractivity contribution is 0.0695. The van der Waals surface area contributed by atoms with Crippen LogP contribution in [0.15, 0.2) is 17.0 Å². The molecule has 118 valence electrons. The number of carbonyl (C=O) groups excluding carboxylic acids is 1. The quantitative estimate of drug-likeness (QED) is 0.822. The van der Waals surface area contributed by atoms with Crippen molar-refractivity contribution in [2.75, 3.05) is 13.2 Å². The molecular formula is C13H19ClN2O4S. The van der Waals surface area contributed by atoms with Gasteiger partial charge >= 0.3 is 0 Å². The zero-order valence-corrected chi connectivity index (χ0v) is 13.7. The van der Waals surface area contributed by atoms with Gasteiger partial charge in [-0.05, 0) is 38.5 Å². The first-order valence-electron chi connectivity index (χ1n) is 6.39. The standard InChI is InChI=1S/C13H19ClN2O4S/c1-4-20-8(2)7-16-13(17)11-5-10(21(15,18)19)6-12(14)9(11)3/h5-6,8H,4,7H2,1-3H3,(H,16,17)(H2,15,18,19). The Balaban J connectivity index is 3.01. The van der Waals surface area contributed by atoms with E-state index in [1.54, 1.807) is 6.92 Å². The first kappa shape index (κ1) is 17.9. The molecule has 0 aliphatic heterocycles. The van der Waals surface area contributed by atoms with E-state index in [2.05, 4.69) is 5.32 Å². The molecule has 1 amide bonds. The van der Waals surface area contributed by atoms with Crippen molar-refractivity contribution in [3.8, 4) is 0 Å². The molecule has 0 radical (unpaired) electrons. The van der Waals surface area contributed by atoms with Crippen LogP contribution in [0.1, 0.15) is 29.8 Å². The van der Waals surface area contributed by atoms with Gasteiger partial charge in [0.2, 0.25) is 10.0 Å². The van der Waals surface area contributed by atoms with Crippen molar-refractivity contribution < 1.29 is 17.9 Å². The third-order valence-corrected chi connectivity index (χ3v) is 4.18. The van der Waals surface area contributed by atoms with Crippen molar-refractivity contribution in [1.82, 2.24) is 5.32 Å². The molecule has 0 spiro atoms. The van der Waals surface area contributed by atoms with Gasteiger partial charge in [0.1, 0.15) is 0 Å². The molecule has 1 atom stereocenters.